The standard InChI is InChI=1S/C21H27F3N4O3S/c1-20(2)18(30)27(14-10-16(21(22,23)24)17(11-25)26-12-14)19(32)28(20)13-4-6-15(7-5-13)31-9-3-8-29/h10,12-13,15,19,29,32H,3-9H2,1-2H3. The van der Waals surface area contributed by atoms with Crippen molar-refractivity contribution in [3.8, 4) is 6.07 Å². The Kier molecular flexibility index (Phi) is 7.39. The topological polar surface area (TPSA) is 89.7 Å². The van der Waals surface area contributed by atoms with Crippen molar-refractivity contribution in [3.63, 3.8) is 0 Å². The molecule has 1 aromatic heterocycles. The van der Waals surface area contributed by atoms with Crippen LogP contribution in [-0.4, -0.2) is 57.3 Å². The third-order valence-electron chi connectivity index (χ3n) is 6.12. The zero-order chi connectivity index (χ0) is 23.7. The molecule has 2 aliphatic rings. The van der Waals surface area contributed by atoms with Crippen LogP contribution in [0.15, 0.2) is 12.3 Å². The lowest BCUT2D eigenvalue weighted by atomic mass is 9.89. The molecule has 2 fully saturated rings. The van der Waals surface area contributed by atoms with Crippen LogP contribution in [0.2, 0.25) is 0 Å². The average molecular weight is 473 g/mol. The lowest BCUT2D eigenvalue weighted by molar-refractivity contribution is -0.138. The summed E-state index contributed by atoms with van der Waals surface area (Å²) in [4.78, 5) is 20.1. The summed E-state index contributed by atoms with van der Waals surface area (Å²) in [6, 6.07) is 2.25. The van der Waals surface area contributed by atoms with Crippen molar-refractivity contribution in [1.29, 1.82) is 5.26 Å². The molecule has 1 amide bonds. The molecule has 1 unspecified atom stereocenters. The van der Waals surface area contributed by atoms with E-state index in [1.165, 1.54) is 11.0 Å². The molecule has 2 heterocycles. The first-order valence-corrected chi connectivity index (χ1v) is 11.0. The number of thiol groups is 1. The molecule has 1 aromatic rings. The van der Waals surface area contributed by atoms with Gasteiger partial charge in [0.2, 0.25) is 5.91 Å². The number of halogens is 3. The minimum atomic E-state index is -4.77. The highest BCUT2D eigenvalue weighted by molar-refractivity contribution is 7.81. The molecule has 1 atom stereocenters. The van der Waals surface area contributed by atoms with E-state index in [-0.39, 0.29) is 30.3 Å². The van der Waals surface area contributed by atoms with Crippen LogP contribution >= 0.6 is 12.6 Å². The smallest absolute Gasteiger partial charge is 0.396 e. The molecule has 1 saturated heterocycles. The number of nitrogens with zero attached hydrogens (tertiary/aromatic N) is 4. The fourth-order valence-corrected chi connectivity index (χ4v) is 5.23. The highest BCUT2D eigenvalue weighted by Crippen LogP contribution is 2.42. The number of aliphatic hydroxyl groups excluding tert-OH is 1. The Morgan fingerprint density at radius 1 is 1.34 bits per heavy atom. The van der Waals surface area contributed by atoms with Crippen molar-refractivity contribution in [1.82, 2.24) is 9.88 Å². The summed E-state index contributed by atoms with van der Waals surface area (Å²) in [7, 11) is 0. The summed E-state index contributed by atoms with van der Waals surface area (Å²) >= 11 is 4.62. The Labute approximate surface area is 190 Å². The van der Waals surface area contributed by atoms with Crippen LogP contribution in [0.3, 0.4) is 0 Å². The highest BCUT2D eigenvalue weighted by Gasteiger charge is 2.54. The number of ether oxygens (including phenoxy) is 1. The van der Waals surface area contributed by atoms with E-state index in [0.29, 0.717) is 13.0 Å². The van der Waals surface area contributed by atoms with Crippen LogP contribution in [0.4, 0.5) is 18.9 Å². The monoisotopic (exact) mass is 472 g/mol. The minimum Gasteiger partial charge on any atom is -0.396 e. The van der Waals surface area contributed by atoms with Gasteiger partial charge in [-0.1, -0.05) is 0 Å². The van der Waals surface area contributed by atoms with Gasteiger partial charge >= 0.3 is 6.18 Å². The lowest BCUT2D eigenvalue weighted by Crippen LogP contribution is -2.52. The van der Waals surface area contributed by atoms with Gasteiger partial charge in [0.15, 0.2) is 5.69 Å². The van der Waals surface area contributed by atoms with E-state index in [9.17, 15) is 18.0 Å². The number of carbonyl (C=O) groups is 1. The van der Waals surface area contributed by atoms with Gasteiger partial charge in [-0.25, -0.2) is 4.98 Å². The molecule has 1 N–H and O–H groups in total. The summed E-state index contributed by atoms with van der Waals surface area (Å²) in [5.74, 6) is -0.376. The van der Waals surface area contributed by atoms with Gasteiger partial charge in [-0.3, -0.25) is 14.6 Å². The third kappa shape index (κ3) is 4.73. The molecule has 32 heavy (non-hydrogen) atoms. The Bertz CT molecular complexity index is 882. The van der Waals surface area contributed by atoms with Gasteiger partial charge in [0, 0.05) is 19.3 Å². The number of aromatic nitrogens is 1. The minimum absolute atomic E-state index is 0.00701. The van der Waals surface area contributed by atoms with Crippen LogP contribution in [0.5, 0.6) is 0 Å². The molecule has 1 aliphatic carbocycles. The largest absolute Gasteiger partial charge is 0.419 e. The summed E-state index contributed by atoms with van der Waals surface area (Å²) in [5, 5.41) is 17.9. The van der Waals surface area contributed by atoms with E-state index in [1.807, 2.05) is 4.90 Å². The second-order valence-corrected chi connectivity index (χ2v) is 9.03. The molecule has 1 saturated carbocycles. The zero-order valence-corrected chi connectivity index (χ0v) is 18.9. The van der Waals surface area contributed by atoms with E-state index in [1.54, 1.807) is 13.8 Å². The van der Waals surface area contributed by atoms with Crippen molar-refractivity contribution in [3.05, 3.63) is 23.5 Å². The number of rotatable bonds is 6. The van der Waals surface area contributed by atoms with E-state index in [4.69, 9.17) is 15.1 Å². The van der Waals surface area contributed by atoms with Gasteiger partial charge in [-0.2, -0.15) is 18.4 Å². The number of nitriles is 1. The van der Waals surface area contributed by atoms with Gasteiger partial charge in [-0.15, -0.1) is 12.6 Å². The molecule has 3 rings (SSSR count). The number of pyridine rings is 1. The second kappa shape index (κ2) is 9.55. The first-order valence-electron chi connectivity index (χ1n) is 10.5. The number of hydrogen-bond acceptors (Lipinski definition) is 7. The SMILES string of the molecule is CC1(C)C(=O)N(c2cnc(C#N)c(C(F)(F)F)c2)C(S)N1C1CCC(OCCCO)CC1. The quantitative estimate of drug-likeness (QED) is 0.488. The van der Waals surface area contributed by atoms with Gasteiger partial charge < -0.3 is 9.84 Å². The Hall–Kier alpha value is -1.87. The van der Waals surface area contributed by atoms with Crippen LogP contribution in [0.25, 0.3) is 0 Å². The van der Waals surface area contributed by atoms with Crippen molar-refractivity contribution >= 4 is 24.2 Å². The number of aliphatic hydroxyl groups is 1. The fraction of sp³-hybridized carbons (Fsp3) is 0.667. The van der Waals surface area contributed by atoms with E-state index < -0.39 is 28.5 Å². The molecule has 0 bridgehead atoms. The van der Waals surface area contributed by atoms with E-state index >= 15 is 0 Å². The molecular formula is C21H27F3N4O3S. The summed E-state index contributed by atoms with van der Waals surface area (Å²) < 4.78 is 46.0. The van der Waals surface area contributed by atoms with E-state index in [0.717, 1.165) is 37.9 Å². The molecule has 11 heteroatoms. The Morgan fingerprint density at radius 2 is 2.00 bits per heavy atom. The first-order chi connectivity index (χ1) is 15.0. The average Bonchev–Trinajstić information content (AvgIpc) is 2.92. The maximum Gasteiger partial charge on any atom is 0.419 e. The molecule has 0 radical (unpaired) electrons. The number of amides is 1. The number of hydrogen-bond donors (Lipinski definition) is 2. The summed E-state index contributed by atoms with van der Waals surface area (Å²) in [5.41, 5.74) is -3.71. The summed E-state index contributed by atoms with van der Waals surface area (Å²) in [6.45, 7) is 4.06. The molecule has 7 nitrogen and oxygen atoms in total. The zero-order valence-electron chi connectivity index (χ0n) is 18.0. The fourth-order valence-electron chi connectivity index (χ4n) is 4.51. The molecule has 0 spiro atoms. The van der Waals surface area contributed by atoms with Gasteiger partial charge in [0.25, 0.3) is 0 Å². The Balaban J connectivity index is 1.82. The Morgan fingerprint density at radius 3 is 2.56 bits per heavy atom. The van der Waals surface area contributed by atoms with Gasteiger partial charge in [0.1, 0.15) is 11.6 Å². The van der Waals surface area contributed by atoms with Crippen LogP contribution in [0, 0.1) is 11.3 Å². The van der Waals surface area contributed by atoms with Gasteiger partial charge in [-0.05, 0) is 52.0 Å². The molecule has 176 valence electrons. The van der Waals surface area contributed by atoms with Crippen molar-refractivity contribution in [2.45, 2.75) is 75.3 Å². The predicted octanol–water partition coefficient (Wildman–Crippen LogP) is 3.32. The summed E-state index contributed by atoms with van der Waals surface area (Å²) in [6.07, 6.45) is 0.0930. The second-order valence-electron chi connectivity index (χ2n) is 8.57. The first kappa shape index (κ1) is 24.8. The highest BCUT2D eigenvalue weighted by atomic mass is 32.1. The number of alkyl halides is 3. The normalized spacial score (nSPS) is 26.4. The molecule has 1 aliphatic heterocycles. The van der Waals surface area contributed by atoms with Crippen molar-refractivity contribution < 1.29 is 27.8 Å². The molecular weight excluding hydrogens is 445 g/mol. The third-order valence-corrected chi connectivity index (χ3v) is 6.60. The van der Waals surface area contributed by atoms with Crippen LogP contribution in [0.1, 0.15) is 57.2 Å². The van der Waals surface area contributed by atoms with Gasteiger partial charge in [0.05, 0.1) is 29.1 Å². The predicted molar refractivity (Wildman–Crippen MR) is 114 cm³/mol. The van der Waals surface area contributed by atoms with Crippen molar-refractivity contribution in [2.75, 3.05) is 18.1 Å². The molecule has 0 aromatic carbocycles. The van der Waals surface area contributed by atoms with E-state index in [2.05, 4.69) is 17.6 Å². The number of carbonyl (C=O) groups excluding carboxylic acids is 1. The lowest BCUT2D eigenvalue weighted by Gasteiger charge is -2.41. The number of anilines is 1. The maximum atomic E-state index is 13.4. The van der Waals surface area contributed by atoms with Crippen LogP contribution < -0.4 is 4.90 Å². The maximum absolute atomic E-state index is 13.4. The van der Waals surface area contributed by atoms with Crippen LogP contribution in [-0.2, 0) is 15.7 Å². The van der Waals surface area contributed by atoms with Crippen molar-refractivity contribution in [2.24, 2.45) is 0 Å².